The van der Waals surface area contributed by atoms with Gasteiger partial charge in [-0.25, -0.2) is 8.42 Å². The number of hydrogen-bond acceptors (Lipinski definition) is 7. The largest absolute Gasteiger partial charge is 0.469 e. The summed E-state index contributed by atoms with van der Waals surface area (Å²) >= 11 is 0. The number of unbranched alkanes of at least 4 members (excludes halogenated alkanes) is 2. The van der Waals surface area contributed by atoms with Gasteiger partial charge in [-0.2, -0.15) is 0 Å². The van der Waals surface area contributed by atoms with Gasteiger partial charge in [-0.1, -0.05) is 50.1 Å². The molecule has 3 rings (SSSR count). The van der Waals surface area contributed by atoms with Crippen molar-refractivity contribution in [2.45, 2.75) is 43.9 Å². The molecule has 0 saturated carbocycles. The van der Waals surface area contributed by atoms with Gasteiger partial charge < -0.3 is 19.3 Å². The summed E-state index contributed by atoms with van der Waals surface area (Å²) in [5.41, 5.74) is 0. The molecule has 10 heteroatoms. The number of carbonyl (C=O) groups is 3. The lowest BCUT2D eigenvalue weighted by molar-refractivity contribution is -0.145. The van der Waals surface area contributed by atoms with Crippen molar-refractivity contribution in [2.75, 3.05) is 52.3 Å². The molecule has 0 radical (unpaired) electrons. The minimum Gasteiger partial charge on any atom is -0.469 e. The van der Waals surface area contributed by atoms with E-state index in [9.17, 15) is 22.8 Å². The van der Waals surface area contributed by atoms with E-state index in [1.807, 2.05) is 31.2 Å². The van der Waals surface area contributed by atoms with Gasteiger partial charge in [-0.15, -0.1) is 0 Å². The van der Waals surface area contributed by atoms with Crippen LogP contribution in [0.15, 0.2) is 47.4 Å². The average molecular weight is 547 g/mol. The van der Waals surface area contributed by atoms with Crippen molar-refractivity contribution in [1.29, 1.82) is 0 Å². The molecule has 0 spiro atoms. The van der Waals surface area contributed by atoms with Crippen LogP contribution in [0.4, 0.5) is 0 Å². The number of rotatable bonds is 13. The zero-order valence-electron chi connectivity index (χ0n) is 22.3. The highest BCUT2D eigenvalue weighted by Crippen LogP contribution is 2.24. The lowest BCUT2D eigenvalue weighted by Gasteiger charge is -2.31. The number of amides is 2. The Morgan fingerprint density at radius 3 is 2.45 bits per heavy atom. The van der Waals surface area contributed by atoms with E-state index >= 15 is 0 Å². The molecule has 0 aromatic heterocycles. The molecule has 1 fully saturated rings. The van der Waals surface area contributed by atoms with Gasteiger partial charge in [0.25, 0.3) is 0 Å². The topological polar surface area (TPSA) is 110 Å². The first-order valence-corrected chi connectivity index (χ1v) is 14.8. The van der Waals surface area contributed by atoms with Crippen LogP contribution in [-0.4, -0.2) is 88.3 Å². The quantitative estimate of drug-likeness (QED) is 0.281. The van der Waals surface area contributed by atoms with E-state index in [4.69, 9.17) is 9.47 Å². The lowest BCUT2D eigenvalue weighted by Crippen LogP contribution is -2.49. The fraction of sp³-hybridized carbons (Fsp3) is 0.536. The van der Waals surface area contributed by atoms with Crippen molar-refractivity contribution in [3.05, 3.63) is 42.5 Å². The fourth-order valence-corrected chi connectivity index (χ4v) is 6.16. The minimum absolute atomic E-state index is 0.00827. The molecule has 0 N–H and O–H groups in total. The predicted molar refractivity (Wildman–Crippen MR) is 144 cm³/mol. The Balaban J connectivity index is 1.84. The Bertz CT molecular complexity index is 1210. The van der Waals surface area contributed by atoms with Crippen LogP contribution in [0.25, 0.3) is 10.8 Å². The van der Waals surface area contributed by atoms with Crippen molar-refractivity contribution in [3.8, 4) is 0 Å². The third-order valence-corrected chi connectivity index (χ3v) is 8.62. The van der Waals surface area contributed by atoms with Crippen LogP contribution >= 0.6 is 0 Å². The van der Waals surface area contributed by atoms with Crippen molar-refractivity contribution < 1.29 is 32.3 Å². The Hall–Kier alpha value is -2.98. The molecule has 1 unspecified atom stereocenters. The van der Waals surface area contributed by atoms with Gasteiger partial charge in [0.15, 0.2) is 9.84 Å². The molecule has 2 amide bonds. The van der Waals surface area contributed by atoms with Gasteiger partial charge in [0.2, 0.25) is 11.8 Å². The third kappa shape index (κ3) is 8.26. The molecule has 208 valence electrons. The molecular weight excluding hydrogens is 508 g/mol. The standard InChI is InChI=1S/C28H38N2O7S/c1-3-4-7-14-30(20-26(31)29-15-17-37-18-16-29)28(33)24(11-13-27(32)36-2)21-38(34,35)25-12-10-22-8-5-6-9-23(22)19-25/h5-6,8-10,12,19,24H,3-4,7,11,13-18,20-21H2,1-2H3. The van der Waals surface area contributed by atoms with E-state index in [1.165, 1.54) is 12.0 Å². The first-order chi connectivity index (χ1) is 18.2. The van der Waals surface area contributed by atoms with E-state index in [0.29, 0.717) is 39.3 Å². The normalized spacial score (nSPS) is 14.7. The van der Waals surface area contributed by atoms with Gasteiger partial charge in [-0.05, 0) is 35.7 Å². The Labute approximate surface area is 225 Å². The second-order valence-electron chi connectivity index (χ2n) is 9.56. The Kier molecular flexibility index (Phi) is 11.1. The van der Waals surface area contributed by atoms with Gasteiger partial charge in [0.05, 0.1) is 43.4 Å². The number of sulfone groups is 1. The second-order valence-corrected chi connectivity index (χ2v) is 11.6. The summed E-state index contributed by atoms with van der Waals surface area (Å²) in [5.74, 6) is -2.60. The van der Waals surface area contributed by atoms with Crippen LogP contribution in [0.1, 0.15) is 39.0 Å². The molecule has 0 bridgehead atoms. The SMILES string of the molecule is CCCCCN(CC(=O)N1CCOCC1)C(=O)C(CCC(=O)OC)CS(=O)(=O)c1ccc2ccccc2c1. The lowest BCUT2D eigenvalue weighted by atomic mass is 10.0. The summed E-state index contributed by atoms with van der Waals surface area (Å²) < 4.78 is 37.0. The molecule has 1 saturated heterocycles. The number of carbonyl (C=O) groups excluding carboxylic acids is 3. The maximum Gasteiger partial charge on any atom is 0.305 e. The van der Waals surface area contributed by atoms with Crippen LogP contribution in [-0.2, 0) is 33.7 Å². The fourth-order valence-electron chi connectivity index (χ4n) is 4.55. The van der Waals surface area contributed by atoms with E-state index in [1.54, 1.807) is 23.1 Å². The van der Waals surface area contributed by atoms with Crippen LogP contribution in [0, 0.1) is 5.92 Å². The van der Waals surface area contributed by atoms with Crippen molar-refractivity contribution >= 4 is 38.4 Å². The average Bonchev–Trinajstić information content (AvgIpc) is 2.94. The van der Waals surface area contributed by atoms with Gasteiger partial charge in [0.1, 0.15) is 0 Å². The zero-order valence-corrected chi connectivity index (χ0v) is 23.1. The summed E-state index contributed by atoms with van der Waals surface area (Å²) in [6, 6.07) is 12.3. The van der Waals surface area contributed by atoms with Crippen LogP contribution in [0.5, 0.6) is 0 Å². The molecule has 1 heterocycles. The molecular formula is C28H38N2O7S. The summed E-state index contributed by atoms with van der Waals surface area (Å²) in [4.78, 5) is 42.0. The van der Waals surface area contributed by atoms with E-state index in [0.717, 1.165) is 23.6 Å². The van der Waals surface area contributed by atoms with Crippen molar-refractivity contribution in [1.82, 2.24) is 9.80 Å². The number of benzene rings is 2. The smallest absolute Gasteiger partial charge is 0.305 e. The zero-order chi connectivity index (χ0) is 27.5. The molecule has 2 aromatic carbocycles. The Morgan fingerprint density at radius 2 is 1.76 bits per heavy atom. The van der Waals surface area contributed by atoms with E-state index in [-0.39, 0.29) is 30.2 Å². The van der Waals surface area contributed by atoms with Gasteiger partial charge in [0, 0.05) is 26.1 Å². The first-order valence-electron chi connectivity index (χ1n) is 13.2. The van der Waals surface area contributed by atoms with Gasteiger partial charge >= 0.3 is 5.97 Å². The molecule has 0 aliphatic carbocycles. The highest BCUT2D eigenvalue weighted by atomic mass is 32.2. The van der Waals surface area contributed by atoms with Crippen LogP contribution in [0.2, 0.25) is 0 Å². The molecule has 1 aliphatic rings. The summed E-state index contributed by atoms with van der Waals surface area (Å²) in [6.07, 6.45) is 2.41. The first kappa shape index (κ1) is 29.6. The third-order valence-electron chi connectivity index (χ3n) is 6.81. The number of hydrogen-bond donors (Lipinski definition) is 0. The van der Waals surface area contributed by atoms with Gasteiger partial charge in [-0.3, -0.25) is 14.4 Å². The van der Waals surface area contributed by atoms with Crippen LogP contribution < -0.4 is 0 Å². The molecule has 1 atom stereocenters. The summed E-state index contributed by atoms with van der Waals surface area (Å²) in [5, 5.41) is 1.69. The summed E-state index contributed by atoms with van der Waals surface area (Å²) in [7, 11) is -2.62. The second kappa shape index (κ2) is 14.2. The highest BCUT2D eigenvalue weighted by molar-refractivity contribution is 7.91. The number of fused-ring (bicyclic) bond motifs is 1. The number of ether oxygens (including phenoxy) is 2. The highest BCUT2D eigenvalue weighted by Gasteiger charge is 2.32. The number of esters is 1. The molecule has 9 nitrogen and oxygen atoms in total. The number of nitrogens with zero attached hydrogens (tertiary/aromatic N) is 2. The maximum atomic E-state index is 13.8. The van der Waals surface area contributed by atoms with E-state index in [2.05, 4.69) is 0 Å². The Morgan fingerprint density at radius 1 is 1.05 bits per heavy atom. The minimum atomic E-state index is -3.87. The molecule has 2 aromatic rings. The molecule has 38 heavy (non-hydrogen) atoms. The molecule has 1 aliphatic heterocycles. The van der Waals surface area contributed by atoms with Crippen molar-refractivity contribution in [2.24, 2.45) is 5.92 Å². The van der Waals surface area contributed by atoms with E-state index < -0.39 is 33.4 Å². The van der Waals surface area contributed by atoms with Crippen molar-refractivity contribution in [3.63, 3.8) is 0 Å². The summed E-state index contributed by atoms with van der Waals surface area (Å²) in [6.45, 7) is 4.06. The maximum absolute atomic E-state index is 13.8. The monoisotopic (exact) mass is 546 g/mol. The number of morpholine rings is 1. The van der Waals surface area contributed by atoms with Crippen LogP contribution in [0.3, 0.4) is 0 Å². The predicted octanol–water partition coefficient (Wildman–Crippen LogP) is 3.06. The number of methoxy groups -OCH3 is 1.